The molecule has 0 aliphatic rings. The number of nitrogens with zero attached hydrogens (tertiary/aromatic N) is 1. The Kier molecular flexibility index (Phi) is 5.31. The maximum atomic E-state index is 12.6. The molecule has 3 rings (SSSR count). The average Bonchev–Trinajstić information content (AvgIpc) is 2.66. The molecular weight excluding hydrogens is 338 g/mol. The number of aromatic nitrogens is 1. The van der Waals surface area contributed by atoms with E-state index in [2.05, 4.69) is 28.6 Å². The van der Waals surface area contributed by atoms with Gasteiger partial charge < -0.3 is 10.6 Å². The van der Waals surface area contributed by atoms with Gasteiger partial charge in [0, 0.05) is 23.1 Å². The number of nitrogens with one attached hydrogen (secondary N) is 2. The summed E-state index contributed by atoms with van der Waals surface area (Å²) >= 11 is 0. The van der Waals surface area contributed by atoms with Crippen LogP contribution in [0.1, 0.15) is 38.8 Å². The van der Waals surface area contributed by atoms with Gasteiger partial charge in [-0.05, 0) is 56.2 Å². The van der Waals surface area contributed by atoms with Crippen LogP contribution < -0.4 is 10.6 Å². The molecule has 5 heteroatoms. The highest BCUT2D eigenvalue weighted by molar-refractivity contribution is 6.05. The van der Waals surface area contributed by atoms with E-state index in [0.29, 0.717) is 16.8 Å². The third-order valence-corrected chi connectivity index (χ3v) is 4.41. The van der Waals surface area contributed by atoms with Gasteiger partial charge in [-0.15, -0.1) is 0 Å². The Morgan fingerprint density at radius 3 is 2.41 bits per heavy atom. The Bertz CT molecular complexity index is 1010. The van der Waals surface area contributed by atoms with Gasteiger partial charge in [0.25, 0.3) is 5.91 Å². The number of ketones is 1. The van der Waals surface area contributed by atoms with E-state index in [1.165, 1.54) is 18.7 Å². The lowest BCUT2D eigenvalue weighted by Gasteiger charge is -2.12. The molecule has 27 heavy (non-hydrogen) atoms. The molecule has 0 aliphatic carbocycles. The summed E-state index contributed by atoms with van der Waals surface area (Å²) in [7, 11) is 0. The lowest BCUT2D eigenvalue weighted by molar-refractivity contribution is 0.101. The second-order valence-corrected chi connectivity index (χ2v) is 6.43. The number of pyridine rings is 1. The number of anilines is 3. The van der Waals surface area contributed by atoms with Gasteiger partial charge in [0.2, 0.25) is 0 Å². The molecule has 0 unspecified atom stereocenters. The Hall–Kier alpha value is -3.47. The van der Waals surface area contributed by atoms with Crippen LogP contribution in [-0.4, -0.2) is 16.7 Å². The van der Waals surface area contributed by atoms with E-state index >= 15 is 0 Å². The van der Waals surface area contributed by atoms with E-state index < -0.39 is 0 Å². The lowest BCUT2D eigenvalue weighted by Crippen LogP contribution is -2.13. The molecule has 0 aliphatic heterocycles. The monoisotopic (exact) mass is 359 g/mol. The molecule has 1 amide bonds. The van der Waals surface area contributed by atoms with Gasteiger partial charge in [-0.1, -0.05) is 24.3 Å². The number of hydrogen-bond acceptors (Lipinski definition) is 4. The molecule has 136 valence electrons. The zero-order valence-electron chi connectivity index (χ0n) is 15.5. The summed E-state index contributed by atoms with van der Waals surface area (Å²) in [6.45, 7) is 5.59. The predicted octanol–water partition coefficient (Wildman–Crippen LogP) is 4.90. The number of aryl methyl sites for hydroxylation is 1. The minimum absolute atomic E-state index is 0.0486. The molecular formula is C22H21N3O2. The first-order valence-corrected chi connectivity index (χ1v) is 8.64. The van der Waals surface area contributed by atoms with Gasteiger partial charge in [-0.3, -0.25) is 14.6 Å². The normalized spacial score (nSPS) is 10.3. The van der Waals surface area contributed by atoms with Gasteiger partial charge in [0.05, 0.1) is 17.4 Å². The number of hydrogen-bond donors (Lipinski definition) is 2. The van der Waals surface area contributed by atoms with Crippen molar-refractivity contribution in [3.05, 3.63) is 83.2 Å². The highest BCUT2D eigenvalue weighted by Gasteiger charge is 2.10. The van der Waals surface area contributed by atoms with Crippen LogP contribution in [0, 0.1) is 13.8 Å². The first-order chi connectivity index (χ1) is 12.9. The number of rotatable bonds is 5. The van der Waals surface area contributed by atoms with Gasteiger partial charge in [-0.25, -0.2) is 0 Å². The van der Waals surface area contributed by atoms with E-state index in [9.17, 15) is 9.59 Å². The van der Waals surface area contributed by atoms with Crippen LogP contribution in [-0.2, 0) is 0 Å². The van der Waals surface area contributed by atoms with Crippen LogP contribution in [0.3, 0.4) is 0 Å². The largest absolute Gasteiger partial charge is 0.354 e. The summed E-state index contributed by atoms with van der Waals surface area (Å²) in [6, 6.07) is 14.6. The highest BCUT2D eigenvalue weighted by Crippen LogP contribution is 2.23. The molecule has 0 saturated carbocycles. The van der Waals surface area contributed by atoms with Crippen LogP contribution in [0.5, 0.6) is 0 Å². The van der Waals surface area contributed by atoms with Crippen LogP contribution >= 0.6 is 0 Å². The standard InChI is InChI=1S/C22H21N3O2/c1-14-6-4-9-21(15(14)2)24-20-11-18(12-23-13-20)22(27)25-19-8-5-7-17(10-19)16(3)26/h4-13,24H,1-3H3,(H,25,27). The molecule has 1 aromatic heterocycles. The first-order valence-electron chi connectivity index (χ1n) is 8.64. The van der Waals surface area contributed by atoms with E-state index in [4.69, 9.17) is 0 Å². The molecule has 0 bridgehead atoms. The third-order valence-electron chi connectivity index (χ3n) is 4.41. The summed E-state index contributed by atoms with van der Waals surface area (Å²) < 4.78 is 0. The van der Waals surface area contributed by atoms with Gasteiger partial charge in [0.1, 0.15) is 0 Å². The van der Waals surface area contributed by atoms with Crippen molar-refractivity contribution in [2.45, 2.75) is 20.8 Å². The quantitative estimate of drug-likeness (QED) is 0.636. The zero-order valence-corrected chi connectivity index (χ0v) is 15.5. The van der Waals surface area contributed by atoms with E-state index in [1.54, 1.807) is 36.5 Å². The second-order valence-electron chi connectivity index (χ2n) is 6.43. The van der Waals surface area contributed by atoms with Crippen LogP contribution in [0.2, 0.25) is 0 Å². The van der Waals surface area contributed by atoms with Crippen LogP contribution in [0.4, 0.5) is 17.1 Å². The third kappa shape index (κ3) is 4.39. The van der Waals surface area contributed by atoms with E-state index in [-0.39, 0.29) is 11.7 Å². The molecule has 0 spiro atoms. The lowest BCUT2D eigenvalue weighted by atomic mass is 10.1. The van der Waals surface area contributed by atoms with Crippen molar-refractivity contribution in [2.24, 2.45) is 0 Å². The number of carbonyl (C=O) groups excluding carboxylic acids is 2. The topological polar surface area (TPSA) is 71.1 Å². The maximum Gasteiger partial charge on any atom is 0.257 e. The summed E-state index contributed by atoms with van der Waals surface area (Å²) in [4.78, 5) is 28.2. The Balaban J connectivity index is 1.78. The molecule has 5 nitrogen and oxygen atoms in total. The van der Waals surface area contributed by atoms with Crippen molar-refractivity contribution >= 4 is 28.8 Å². The number of benzene rings is 2. The van der Waals surface area contributed by atoms with Crippen molar-refractivity contribution in [3.8, 4) is 0 Å². The summed E-state index contributed by atoms with van der Waals surface area (Å²) in [6.07, 6.45) is 3.19. The molecule has 0 radical (unpaired) electrons. The smallest absolute Gasteiger partial charge is 0.257 e. The fraction of sp³-hybridized carbons (Fsp3) is 0.136. The van der Waals surface area contributed by atoms with Crippen molar-refractivity contribution < 1.29 is 9.59 Å². The molecule has 0 atom stereocenters. The molecule has 2 N–H and O–H groups in total. The molecule has 3 aromatic rings. The van der Waals surface area contributed by atoms with E-state index in [1.807, 2.05) is 19.1 Å². The minimum Gasteiger partial charge on any atom is -0.354 e. The second kappa shape index (κ2) is 7.83. The Morgan fingerprint density at radius 2 is 1.63 bits per heavy atom. The molecule has 2 aromatic carbocycles. The number of Topliss-reactive ketones (excluding diaryl/α,β-unsaturated/α-hetero) is 1. The molecule has 0 fully saturated rings. The maximum absolute atomic E-state index is 12.6. The molecule has 0 saturated heterocycles. The van der Waals surface area contributed by atoms with Crippen LogP contribution in [0.15, 0.2) is 60.9 Å². The summed E-state index contributed by atoms with van der Waals surface area (Å²) in [5.74, 6) is -0.333. The van der Waals surface area contributed by atoms with Crippen LogP contribution in [0.25, 0.3) is 0 Å². The highest BCUT2D eigenvalue weighted by atomic mass is 16.1. The Labute approximate surface area is 158 Å². The zero-order chi connectivity index (χ0) is 19.4. The fourth-order valence-electron chi connectivity index (χ4n) is 2.69. The van der Waals surface area contributed by atoms with Crippen molar-refractivity contribution in [1.29, 1.82) is 0 Å². The van der Waals surface area contributed by atoms with Gasteiger partial charge in [0.15, 0.2) is 5.78 Å². The number of amides is 1. The Morgan fingerprint density at radius 1 is 0.889 bits per heavy atom. The van der Waals surface area contributed by atoms with Crippen molar-refractivity contribution in [1.82, 2.24) is 4.98 Å². The fourth-order valence-corrected chi connectivity index (χ4v) is 2.69. The summed E-state index contributed by atoms with van der Waals surface area (Å²) in [5.41, 5.74) is 5.59. The van der Waals surface area contributed by atoms with Crippen molar-refractivity contribution in [2.75, 3.05) is 10.6 Å². The van der Waals surface area contributed by atoms with Gasteiger partial charge in [-0.2, -0.15) is 0 Å². The van der Waals surface area contributed by atoms with Gasteiger partial charge >= 0.3 is 0 Å². The average molecular weight is 359 g/mol. The summed E-state index contributed by atoms with van der Waals surface area (Å²) in [5, 5.41) is 6.12. The van der Waals surface area contributed by atoms with Crippen molar-refractivity contribution in [3.63, 3.8) is 0 Å². The SMILES string of the molecule is CC(=O)c1cccc(NC(=O)c2cncc(Nc3cccc(C)c3C)c2)c1. The molecule has 1 heterocycles. The number of carbonyl (C=O) groups is 2. The predicted molar refractivity (Wildman–Crippen MR) is 108 cm³/mol. The van der Waals surface area contributed by atoms with E-state index in [0.717, 1.165) is 16.9 Å². The minimum atomic E-state index is -0.284. The first kappa shape index (κ1) is 18.3.